The van der Waals surface area contributed by atoms with Crippen LogP contribution in [0.25, 0.3) is 0 Å². The first-order valence-corrected chi connectivity index (χ1v) is 7.00. The highest BCUT2D eigenvalue weighted by Gasteiger charge is 2.16. The molecule has 0 heterocycles. The quantitative estimate of drug-likeness (QED) is 0.837. The second-order valence-electron chi connectivity index (χ2n) is 5.63. The highest BCUT2D eigenvalue weighted by Crippen LogP contribution is 2.16. The van der Waals surface area contributed by atoms with Gasteiger partial charge in [-0.3, -0.25) is 0 Å². The van der Waals surface area contributed by atoms with Gasteiger partial charge in [-0.1, -0.05) is 45.0 Å². The summed E-state index contributed by atoms with van der Waals surface area (Å²) in [5, 5.41) is 0. The lowest BCUT2D eigenvalue weighted by Gasteiger charge is -2.30. The van der Waals surface area contributed by atoms with E-state index in [1.165, 1.54) is 11.1 Å². The fourth-order valence-corrected chi connectivity index (χ4v) is 2.09. The Morgan fingerprint density at radius 3 is 2.11 bits per heavy atom. The third kappa shape index (κ3) is 4.11. The van der Waals surface area contributed by atoms with Crippen LogP contribution in [0, 0.1) is 5.92 Å². The number of hydrogen-bond donors (Lipinski definition) is 1. The third-order valence-corrected chi connectivity index (χ3v) is 3.96. The molecule has 0 aliphatic rings. The van der Waals surface area contributed by atoms with Crippen LogP contribution in [-0.4, -0.2) is 24.5 Å². The Kier molecular flexibility index (Phi) is 5.83. The first kappa shape index (κ1) is 15.2. The molecule has 0 radical (unpaired) electrons. The maximum Gasteiger partial charge on any atom is 0.0424 e. The van der Waals surface area contributed by atoms with Gasteiger partial charge in [0.05, 0.1) is 0 Å². The minimum absolute atomic E-state index is 0.0992. The van der Waals surface area contributed by atoms with E-state index in [-0.39, 0.29) is 6.04 Å². The van der Waals surface area contributed by atoms with Crippen LogP contribution in [0.3, 0.4) is 0 Å². The van der Waals surface area contributed by atoms with E-state index in [0.29, 0.717) is 12.0 Å². The van der Waals surface area contributed by atoms with Crippen molar-refractivity contribution in [2.45, 2.75) is 46.2 Å². The molecule has 2 nitrogen and oxygen atoms in total. The zero-order valence-electron chi connectivity index (χ0n) is 12.5. The van der Waals surface area contributed by atoms with E-state index in [0.717, 1.165) is 13.0 Å². The summed E-state index contributed by atoms with van der Waals surface area (Å²) in [4.78, 5) is 2.35. The van der Waals surface area contributed by atoms with Crippen LogP contribution in [0.2, 0.25) is 0 Å². The van der Waals surface area contributed by atoms with Crippen molar-refractivity contribution in [1.82, 2.24) is 4.90 Å². The lowest BCUT2D eigenvalue weighted by atomic mass is 10.0. The van der Waals surface area contributed by atoms with Gasteiger partial charge in [-0.2, -0.15) is 0 Å². The summed E-state index contributed by atoms with van der Waals surface area (Å²) in [5.41, 5.74) is 8.89. The highest BCUT2D eigenvalue weighted by atomic mass is 15.1. The largest absolute Gasteiger partial charge is 0.323 e. The molecule has 2 unspecified atom stereocenters. The molecule has 1 aromatic rings. The van der Waals surface area contributed by atoms with Crippen LogP contribution in [-0.2, 0) is 6.42 Å². The molecule has 1 aromatic carbocycles. The van der Waals surface area contributed by atoms with Gasteiger partial charge >= 0.3 is 0 Å². The molecule has 0 aliphatic heterocycles. The Morgan fingerprint density at radius 2 is 1.67 bits per heavy atom. The average Bonchev–Trinajstić information content (AvgIpc) is 2.37. The van der Waals surface area contributed by atoms with Gasteiger partial charge in [0.25, 0.3) is 0 Å². The number of nitrogens with two attached hydrogens (primary N) is 1. The Bertz CT molecular complexity index is 343. The number of hydrogen-bond acceptors (Lipinski definition) is 2. The van der Waals surface area contributed by atoms with Crippen LogP contribution >= 0.6 is 0 Å². The lowest BCUT2D eigenvalue weighted by Crippen LogP contribution is -2.38. The molecular formula is C16H28N2. The summed E-state index contributed by atoms with van der Waals surface area (Å²) >= 11 is 0. The number of aryl methyl sites for hydroxylation is 1. The fourth-order valence-electron chi connectivity index (χ4n) is 2.09. The lowest BCUT2D eigenvalue weighted by molar-refractivity contribution is 0.197. The van der Waals surface area contributed by atoms with Gasteiger partial charge < -0.3 is 10.6 Å². The number of rotatable bonds is 6. The Labute approximate surface area is 112 Å². The van der Waals surface area contributed by atoms with Gasteiger partial charge in [0.2, 0.25) is 0 Å². The van der Waals surface area contributed by atoms with Crippen LogP contribution in [0.1, 0.15) is 44.9 Å². The number of likely N-dealkylation sites (N-methyl/N-ethyl adjacent to an activating group) is 1. The summed E-state index contributed by atoms with van der Waals surface area (Å²) in [7, 11) is 2.16. The highest BCUT2D eigenvalue weighted by molar-refractivity contribution is 5.25. The molecule has 1 rings (SSSR count). The van der Waals surface area contributed by atoms with Crippen molar-refractivity contribution in [2.24, 2.45) is 11.7 Å². The van der Waals surface area contributed by atoms with Crippen LogP contribution in [0.4, 0.5) is 0 Å². The Hall–Kier alpha value is -0.860. The number of benzene rings is 1. The minimum Gasteiger partial charge on any atom is -0.323 e. The van der Waals surface area contributed by atoms with E-state index >= 15 is 0 Å². The summed E-state index contributed by atoms with van der Waals surface area (Å²) in [6.07, 6.45) is 1.08. The Balaban J connectivity index is 2.61. The third-order valence-electron chi connectivity index (χ3n) is 3.96. The van der Waals surface area contributed by atoms with Gasteiger partial charge in [-0.05, 0) is 37.4 Å². The van der Waals surface area contributed by atoms with Crippen molar-refractivity contribution < 1.29 is 0 Å². The smallest absolute Gasteiger partial charge is 0.0424 e. The maximum atomic E-state index is 6.28. The topological polar surface area (TPSA) is 29.3 Å². The van der Waals surface area contributed by atoms with Gasteiger partial charge in [0.1, 0.15) is 0 Å². The molecule has 2 atom stereocenters. The van der Waals surface area contributed by atoms with Crippen molar-refractivity contribution in [3.05, 3.63) is 35.4 Å². The van der Waals surface area contributed by atoms with E-state index in [2.05, 4.69) is 63.9 Å². The van der Waals surface area contributed by atoms with Crippen molar-refractivity contribution in [2.75, 3.05) is 13.6 Å². The van der Waals surface area contributed by atoms with Gasteiger partial charge in [-0.15, -0.1) is 0 Å². The van der Waals surface area contributed by atoms with E-state index in [4.69, 9.17) is 5.73 Å². The minimum atomic E-state index is 0.0992. The Morgan fingerprint density at radius 1 is 1.11 bits per heavy atom. The number of nitrogens with zero attached hydrogens (tertiary/aromatic N) is 1. The predicted molar refractivity (Wildman–Crippen MR) is 79.7 cm³/mol. The summed E-state index contributed by atoms with van der Waals surface area (Å²) in [5.74, 6) is 0.657. The summed E-state index contributed by atoms with van der Waals surface area (Å²) < 4.78 is 0. The SMILES string of the molecule is CCc1ccc(C(N)CN(C)C(C)C(C)C)cc1. The molecule has 2 N–H and O–H groups in total. The van der Waals surface area contributed by atoms with Crippen molar-refractivity contribution in [1.29, 1.82) is 0 Å². The van der Waals surface area contributed by atoms with E-state index in [9.17, 15) is 0 Å². The van der Waals surface area contributed by atoms with E-state index in [1.54, 1.807) is 0 Å². The second-order valence-corrected chi connectivity index (χ2v) is 5.63. The molecule has 0 spiro atoms. The van der Waals surface area contributed by atoms with Crippen molar-refractivity contribution >= 4 is 0 Å². The normalized spacial score (nSPS) is 15.1. The molecule has 0 saturated heterocycles. The molecule has 0 aliphatic carbocycles. The second kappa shape index (κ2) is 6.91. The molecule has 0 aromatic heterocycles. The predicted octanol–water partition coefficient (Wildman–Crippen LogP) is 3.23. The van der Waals surface area contributed by atoms with Crippen LogP contribution < -0.4 is 5.73 Å². The maximum absolute atomic E-state index is 6.28. The molecule has 18 heavy (non-hydrogen) atoms. The fraction of sp³-hybridized carbons (Fsp3) is 0.625. The zero-order valence-corrected chi connectivity index (χ0v) is 12.5. The van der Waals surface area contributed by atoms with Gasteiger partial charge in [0.15, 0.2) is 0 Å². The molecule has 0 saturated carbocycles. The van der Waals surface area contributed by atoms with Crippen molar-refractivity contribution in [3.63, 3.8) is 0 Å². The van der Waals surface area contributed by atoms with Gasteiger partial charge in [-0.25, -0.2) is 0 Å². The standard InChI is InChI=1S/C16H28N2/c1-6-14-7-9-15(10-8-14)16(17)11-18(5)13(4)12(2)3/h7-10,12-13,16H,6,11,17H2,1-5H3. The monoisotopic (exact) mass is 248 g/mol. The molecule has 0 amide bonds. The van der Waals surface area contributed by atoms with Crippen LogP contribution in [0.15, 0.2) is 24.3 Å². The first-order chi connectivity index (χ1) is 8.45. The molecule has 102 valence electrons. The molecular weight excluding hydrogens is 220 g/mol. The van der Waals surface area contributed by atoms with Crippen molar-refractivity contribution in [3.8, 4) is 0 Å². The molecule has 2 heteroatoms. The van der Waals surface area contributed by atoms with Gasteiger partial charge in [0, 0.05) is 18.6 Å². The first-order valence-electron chi connectivity index (χ1n) is 7.00. The van der Waals surface area contributed by atoms with E-state index < -0.39 is 0 Å². The summed E-state index contributed by atoms with van der Waals surface area (Å²) in [6, 6.07) is 9.35. The zero-order chi connectivity index (χ0) is 13.7. The summed E-state index contributed by atoms with van der Waals surface area (Å²) in [6.45, 7) is 9.85. The molecule has 0 fully saturated rings. The van der Waals surface area contributed by atoms with Crippen LogP contribution in [0.5, 0.6) is 0 Å². The molecule has 0 bridgehead atoms. The van der Waals surface area contributed by atoms with E-state index in [1.807, 2.05) is 0 Å². The average molecular weight is 248 g/mol.